The van der Waals surface area contributed by atoms with Gasteiger partial charge in [0.15, 0.2) is 0 Å². The van der Waals surface area contributed by atoms with E-state index in [0.29, 0.717) is 12.4 Å². The fraction of sp³-hybridized carbons (Fsp3) is 0.588. The van der Waals surface area contributed by atoms with E-state index in [2.05, 4.69) is 10.3 Å². The molecule has 0 bridgehead atoms. The number of carbonyl (C=O) groups excluding carboxylic acids is 1. The van der Waals surface area contributed by atoms with Gasteiger partial charge in [-0.15, -0.1) is 0 Å². The molecule has 0 aliphatic heterocycles. The first-order chi connectivity index (χ1) is 11.5. The van der Waals surface area contributed by atoms with Crippen LogP contribution in [0, 0.1) is 0 Å². The van der Waals surface area contributed by atoms with Crippen LogP contribution in [0.3, 0.4) is 0 Å². The van der Waals surface area contributed by atoms with Gasteiger partial charge in [-0.25, -0.2) is 9.78 Å². The number of amides is 2. The number of carboxylic acid groups (broad SMARTS) is 1. The average Bonchev–Trinajstić information content (AvgIpc) is 2.58. The zero-order valence-corrected chi connectivity index (χ0v) is 14.0. The van der Waals surface area contributed by atoms with Gasteiger partial charge in [0.25, 0.3) is 0 Å². The smallest absolute Gasteiger partial charge is 0.317 e. The number of pyridine rings is 1. The number of nitrogens with zero attached hydrogens (tertiary/aromatic N) is 2. The average molecular weight is 335 g/mol. The van der Waals surface area contributed by atoms with Crippen molar-refractivity contribution in [3.8, 4) is 5.88 Å². The fourth-order valence-electron chi connectivity index (χ4n) is 2.66. The molecule has 2 N–H and O–H groups in total. The lowest BCUT2D eigenvalue weighted by Crippen LogP contribution is -2.38. The van der Waals surface area contributed by atoms with Crippen molar-refractivity contribution in [1.82, 2.24) is 15.2 Å². The molecule has 1 aliphatic carbocycles. The SMILES string of the molecule is CN(CCC(=O)O)C(=O)NCc1ccnc(OC2CCCCC2)c1. The first kappa shape index (κ1) is 18.0. The molecule has 1 fully saturated rings. The quantitative estimate of drug-likeness (QED) is 0.798. The third-order valence-electron chi connectivity index (χ3n) is 4.09. The first-order valence-corrected chi connectivity index (χ1v) is 8.37. The highest BCUT2D eigenvalue weighted by atomic mass is 16.5. The summed E-state index contributed by atoms with van der Waals surface area (Å²) in [5.41, 5.74) is 0.899. The molecule has 1 aromatic rings. The third kappa shape index (κ3) is 6.06. The molecule has 1 aromatic heterocycles. The Labute approximate surface area is 142 Å². The zero-order valence-electron chi connectivity index (χ0n) is 14.0. The third-order valence-corrected chi connectivity index (χ3v) is 4.09. The van der Waals surface area contributed by atoms with Gasteiger partial charge in [0.2, 0.25) is 5.88 Å². The molecule has 2 amide bonds. The van der Waals surface area contributed by atoms with Crippen molar-refractivity contribution in [2.24, 2.45) is 0 Å². The summed E-state index contributed by atoms with van der Waals surface area (Å²) >= 11 is 0. The number of aliphatic carboxylic acids is 1. The van der Waals surface area contributed by atoms with E-state index in [4.69, 9.17) is 9.84 Å². The molecule has 7 nitrogen and oxygen atoms in total. The van der Waals surface area contributed by atoms with Crippen LogP contribution in [0.15, 0.2) is 18.3 Å². The maximum atomic E-state index is 11.9. The minimum Gasteiger partial charge on any atom is -0.481 e. The van der Waals surface area contributed by atoms with Crippen LogP contribution < -0.4 is 10.1 Å². The highest BCUT2D eigenvalue weighted by molar-refractivity contribution is 5.75. The summed E-state index contributed by atoms with van der Waals surface area (Å²) in [6.07, 6.45) is 7.64. The molecule has 24 heavy (non-hydrogen) atoms. The van der Waals surface area contributed by atoms with Gasteiger partial charge in [0.1, 0.15) is 6.10 Å². The van der Waals surface area contributed by atoms with Crippen LogP contribution in [0.4, 0.5) is 4.79 Å². The van der Waals surface area contributed by atoms with Crippen molar-refractivity contribution in [1.29, 1.82) is 0 Å². The molecule has 1 saturated carbocycles. The lowest BCUT2D eigenvalue weighted by molar-refractivity contribution is -0.137. The van der Waals surface area contributed by atoms with Gasteiger partial charge in [-0.1, -0.05) is 6.42 Å². The molecule has 2 rings (SSSR count). The van der Waals surface area contributed by atoms with Gasteiger partial charge in [-0.3, -0.25) is 4.79 Å². The van der Waals surface area contributed by atoms with Gasteiger partial charge in [-0.2, -0.15) is 0 Å². The van der Waals surface area contributed by atoms with E-state index in [1.165, 1.54) is 24.2 Å². The van der Waals surface area contributed by atoms with E-state index in [1.54, 1.807) is 13.2 Å². The lowest BCUT2D eigenvalue weighted by atomic mass is 9.98. The number of carbonyl (C=O) groups is 2. The number of aromatic nitrogens is 1. The van der Waals surface area contributed by atoms with Gasteiger partial charge in [0.05, 0.1) is 6.42 Å². The summed E-state index contributed by atoms with van der Waals surface area (Å²) in [7, 11) is 1.57. The zero-order chi connectivity index (χ0) is 17.4. The predicted octanol–water partition coefficient (Wildman–Crippen LogP) is 2.41. The molecule has 0 unspecified atom stereocenters. The minimum absolute atomic E-state index is 0.0709. The second-order valence-corrected chi connectivity index (χ2v) is 6.10. The number of carboxylic acids is 1. The van der Waals surface area contributed by atoms with Gasteiger partial charge < -0.3 is 20.1 Å². The Bertz CT molecular complexity index is 559. The van der Waals surface area contributed by atoms with Crippen LogP contribution in [-0.2, 0) is 11.3 Å². The Morgan fingerprint density at radius 1 is 1.38 bits per heavy atom. The summed E-state index contributed by atoms with van der Waals surface area (Å²) in [6.45, 7) is 0.521. The maximum absolute atomic E-state index is 11.9. The molecule has 1 heterocycles. The minimum atomic E-state index is -0.923. The van der Waals surface area contributed by atoms with Crippen molar-refractivity contribution in [2.45, 2.75) is 51.2 Å². The van der Waals surface area contributed by atoms with Crippen molar-refractivity contribution < 1.29 is 19.4 Å². The Morgan fingerprint density at radius 2 is 2.12 bits per heavy atom. The largest absolute Gasteiger partial charge is 0.481 e. The van der Waals surface area contributed by atoms with Crippen LogP contribution in [0.2, 0.25) is 0 Å². The number of ether oxygens (including phenoxy) is 1. The summed E-state index contributed by atoms with van der Waals surface area (Å²) in [6, 6.07) is 3.36. The molecule has 0 aromatic carbocycles. The molecule has 1 aliphatic rings. The molecule has 0 atom stereocenters. The second-order valence-electron chi connectivity index (χ2n) is 6.10. The summed E-state index contributed by atoms with van der Waals surface area (Å²) < 4.78 is 5.92. The van der Waals surface area contributed by atoms with E-state index < -0.39 is 5.97 Å². The van der Waals surface area contributed by atoms with E-state index in [1.807, 2.05) is 12.1 Å². The topological polar surface area (TPSA) is 91.8 Å². The Balaban J connectivity index is 1.80. The number of hydrogen-bond acceptors (Lipinski definition) is 4. The van der Waals surface area contributed by atoms with Gasteiger partial charge in [0, 0.05) is 32.4 Å². The van der Waals surface area contributed by atoms with Crippen LogP contribution in [0.1, 0.15) is 44.1 Å². The number of nitrogens with one attached hydrogen (secondary N) is 1. The molecular weight excluding hydrogens is 310 g/mol. The maximum Gasteiger partial charge on any atom is 0.317 e. The molecule has 0 spiro atoms. The van der Waals surface area contributed by atoms with Crippen molar-refractivity contribution in [3.05, 3.63) is 23.9 Å². The summed E-state index contributed by atoms with van der Waals surface area (Å²) in [5, 5.41) is 11.4. The summed E-state index contributed by atoms with van der Waals surface area (Å²) in [4.78, 5) is 28.0. The van der Waals surface area contributed by atoms with Crippen molar-refractivity contribution in [2.75, 3.05) is 13.6 Å². The van der Waals surface area contributed by atoms with Crippen molar-refractivity contribution >= 4 is 12.0 Å². The molecule has 0 radical (unpaired) electrons. The Morgan fingerprint density at radius 3 is 2.83 bits per heavy atom. The van der Waals surface area contributed by atoms with E-state index in [0.717, 1.165) is 18.4 Å². The number of hydrogen-bond donors (Lipinski definition) is 2. The van der Waals surface area contributed by atoms with Crippen LogP contribution in [0.5, 0.6) is 5.88 Å². The molecule has 0 saturated heterocycles. The first-order valence-electron chi connectivity index (χ1n) is 8.37. The van der Waals surface area contributed by atoms with Gasteiger partial charge in [-0.05, 0) is 37.3 Å². The molecular formula is C17H25N3O4. The molecule has 7 heteroatoms. The van der Waals surface area contributed by atoms with Crippen LogP contribution in [-0.4, -0.2) is 46.7 Å². The summed E-state index contributed by atoms with van der Waals surface area (Å²) in [5.74, 6) is -0.332. The predicted molar refractivity (Wildman–Crippen MR) is 88.9 cm³/mol. The van der Waals surface area contributed by atoms with Crippen molar-refractivity contribution in [3.63, 3.8) is 0 Å². The Hall–Kier alpha value is -2.31. The van der Waals surface area contributed by atoms with Crippen LogP contribution >= 0.6 is 0 Å². The normalized spacial score (nSPS) is 14.9. The number of urea groups is 1. The van der Waals surface area contributed by atoms with E-state index in [9.17, 15) is 9.59 Å². The standard InChI is InChI=1S/C17H25N3O4/c1-20(10-8-16(21)22)17(23)19-12-13-7-9-18-15(11-13)24-14-5-3-2-4-6-14/h7,9,11,14H,2-6,8,10,12H2,1H3,(H,19,23)(H,21,22). The second kappa shape index (κ2) is 9.10. The Kier molecular flexibility index (Phi) is 6.84. The van der Waals surface area contributed by atoms with Crippen LogP contribution in [0.25, 0.3) is 0 Å². The highest BCUT2D eigenvalue weighted by Gasteiger charge is 2.15. The fourth-order valence-corrected chi connectivity index (χ4v) is 2.66. The highest BCUT2D eigenvalue weighted by Crippen LogP contribution is 2.22. The van der Waals surface area contributed by atoms with Gasteiger partial charge >= 0.3 is 12.0 Å². The number of rotatable bonds is 7. The van der Waals surface area contributed by atoms with E-state index in [-0.39, 0.29) is 25.1 Å². The van der Waals surface area contributed by atoms with E-state index >= 15 is 0 Å². The monoisotopic (exact) mass is 335 g/mol. The molecule has 132 valence electrons. The lowest BCUT2D eigenvalue weighted by Gasteiger charge is -2.22.